The van der Waals surface area contributed by atoms with Gasteiger partial charge in [0.15, 0.2) is 15.5 Å². The fourth-order valence-electron chi connectivity index (χ4n) is 2.07. The number of aromatic nitrogens is 1. The lowest BCUT2D eigenvalue weighted by atomic mass is 10.2. The standard InChI is InChI=1S/C17H19NO4S2/c1-4-21-14-8-11(6-7-13(14)20-3)9-15-12(18-17(23)24-15)10-16(19)22-5-2/h6-10H,4-5H2,1-3H3,(H,18,23)/b12-10-,15-9-. The van der Waals surface area contributed by atoms with Gasteiger partial charge in [-0.25, -0.2) is 4.79 Å². The van der Waals surface area contributed by atoms with Crippen LogP contribution in [-0.2, 0) is 9.53 Å². The number of rotatable bonds is 6. The summed E-state index contributed by atoms with van der Waals surface area (Å²) in [5.74, 6) is 0.943. The fraction of sp³-hybridized carbons (Fsp3) is 0.294. The summed E-state index contributed by atoms with van der Waals surface area (Å²) in [7, 11) is 1.60. The predicted octanol–water partition coefficient (Wildman–Crippen LogP) is 2.39. The van der Waals surface area contributed by atoms with E-state index in [4.69, 9.17) is 26.4 Å². The number of benzene rings is 1. The molecule has 0 aliphatic rings. The number of H-pyrrole nitrogens is 1. The van der Waals surface area contributed by atoms with E-state index in [9.17, 15) is 4.79 Å². The zero-order chi connectivity index (χ0) is 17.5. The molecule has 0 bridgehead atoms. The minimum absolute atomic E-state index is 0.329. The van der Waals surface area contributed by atoms with Crippen LogP contribution in [0.5, 0.6) is 11.5 Å². The van der Waals surface area contributed by atoms with Crippen LogP contribution in [0.4, 0.5) is 0 Å². The molecule has 0 saturated carbocycles. The summed E-state index contributed by atoms with van der Waals surface area (Å²) >= 11 is 6.58. The smallest absolute Gasteiger partial charge is 0.332 e. The van der Waals surface area contributed by atoms with Gasteiger partial charge in [0.25, 0.3) is 0 Å². The molecule has 0 saturated heterocycles. The van der Waals surface area contributed by atoms with E-state index < -0.39 is 5.97 Å². The van der Waals surface area contributed by atoms with Crippen molar-refractivity contribution in [1.29, 1.82) is 0 Å². The van der Waals surface area contributed by atoms with Gasteiger partial charge in [0.2, 0.25) is 0 Å². The Kier molecular flexibility index (Phi) is 6.57. The van der Waals surface area contributed by atoms with Gasteiger partial charge in [0.05, 0.1) is 30.2 Å². The largest absolute Gasteiger partial charge is 0.493 e. The van der Waals surface area contributed by atoms with Crippen LogP contribution in [0.15, 0.2) is 18.2 Å². The van der Waals surface area contributed by atoms with E-state index in [1.54, 1.807) is 14.0 Å². The SMILES string of the molecule is CCOC(=O)/C=c1\[nH]c(=S)s\c1=C/c1ccc(OC)c(OCC)c1. The zero-order valence-corrected chi connectivity index (χ0v) is 15.4. The predicted molar refractivity (Wildman–Crippen MR) is 97.6 cm³/mol. The van der Waals surface area contributed by atoms with Crippen molar-refractivity contribution >= 4 is 41.7 Å². The Morgan fingerprint density at radius 1 is 1.29 bits per heavy atom. The molecular formula is C17H19NO4S2. The summed E-state index contributed by atoms with van der Waals surface area (Å²) in [5, 5.41) is 0.636. The molecular weight excluding hydrogens is 346 g/mol. The number of thiazole rings is 1. The van der Waals surface area contributed by atoms with Crippen LogP contribution in [0.3, 0.4) is 0 Å². The first kappa shape index (κ1) is 18.2. The van der Waals surface area contributed by atoms with Crippen molar-refractivity contribution in [3.63, 3.8) is 0 Å². The van der Waals surface area contributed by atoms with Crippen molar-refractivity contribution in [2.45, 2.75) is 13.8 Å². The van der Waals surface area contributed by atoms with Gasteiger partial charge in [-0.05, 0) is 49.8 Å². The summed E-state index contributed by atoms with van der Waals surface area (Å²) in [5.41, 5.74) is 0.919. The molecule has 0 fully saturated rings. The van der Waals surface area contributed by atoms with E-state index in [1.165, 1.54) is 17.4 Å². The number of ether oxygens (including phenoxy) is 3. The number of aromatic amines is 1. The van der Waals surface area contributed by atoms with Gasteiger partial charge < -0.3 is 19.2 Å². The van der Waals surface area contributed by atoms with E-state index in [-0.39, 0.29) is 0 Å². The first-order chi connectivity index (χ1) is 11.6. The van der Waals surface area contributed by atoms with Crippen LogP contribution in [-0.4, -0.2) is 31.3 Å². The third-order valence-corrected chi connectivity index (χ3v) is 4.24. The van der Waals surface area contributed by atoms with Crippen molar-refractivity contribution in [3.05, 3.63) is 37.6 Å². The Morgan fingerprint density at radius 3 is 2.75 bits per heavy atom. The molecule has 2 rings (SSSR count). The Hall–Kier alpha value is -2.12. The second kappa shape index (κ2) is 8.65. The summed E-state index contributed by atoms with van der Waals surface area (Å²) in [6.45, 7) is 4.56. The minimum atomic E-state index is -0.402. The molecule has 1 aromatic carbocycles. The van der Waals surface area contributed by atoms with Crippen molar-refractivity contribution < 1.29 is 19.0 Å². The molecule has 0 atom stereocenters. The lowest BCUT2D eigenvalue weighted by Gasteiger charge is -2.09. The van der Waals surface area contributed by atoms with Gasteiger partial charge >= 0.3 is 5.97 Å². The highest BCUT2D eigenvalue weighted by molar-refractivity contribution is 7.73. The molecule has 0 aliphatic carbocycles. The van der Waals surface area contributed by atoms with Gasteiger partial charge in [-0.1, -0.05) is 6.07 Å². The van der Waals surface area contributed by atoms with E-state index in [1.807, 2.05) is 31.2 Å². The molecule has 0 spiro atoms. The van der Waals surface area contributed by atoms with Crippen LogP contribution in [0.25, 0.3) is 12.2 Å². The Bertz CT molecular complexity index is 883. The second-order valence-corrected chi connectivity index (χ2v) is 6.40. The maximum Gasteiger partial charge on any atom is 0.332 e. The van der Waals surface area contributed by atoms with Crippen molar-refractivity contribution in [2.75, 3.05) is 20.3 Å². The average Bonchev–Trinajstić information content (AvgIpc) is 2.87. The van der Waals surface area contributed by atoms with E-state index >= 15 is 0 Å². The van der Waals surface area contributed by atoms with Crippen LogP contribution in [0, 0.1) is 3.95 Å². The highest BCUT2D eigenvalue weighted by Gasteiger charge is 2.05. The monoisotopic (exact) mass is 365 g/mol. The van der Waals surface area contributed by atoms with Gasteiger partial charge in [-0.15, -0.1) is 11.3 Å². The second-order valence-electron chi connectivity index (χ2n) is 4.68. The average molecular weight is 365 g/mol. The number of carbonyl (C=O) groups excluding carboxylic acids is 1. The normalized spacial score (nSPS) is 12.3. The highest BCUT2D eigenvalue weighted by Crippen LogP contribution is 2.28. The summed E-state index contributed by atoms with van der Waals surface area (Å²) in [4.78, 5) is 14.7. The maximum absolute atomic E-state index is 11.7. The third-order valence-electron chi connectivity index (χ3n) is 3.04. The van der Waals surface area contributed by atoms with Crippen LogP contribution in [0.1, 0.15) is 19.4 Å². The number of hydrogen-bond donors (Lipinski definition) is 1. The van der Waals surface area contributed by atoms with Gasteiger partial charge in [-0.2, -0.15) is 0 Å². The molecule has 24 heavy (non-hydrogen) atoms. The number of esters is 1. The molecule has 2 aromatic rings. The lowest BCUT2D eigenvalue weighted by Crippen LogP contribution is -2.23. The molecule has 1 aromatic heterocycles. The number of nitrogens with one attached hydrogen (secondary N) is 1. The van der Waals surface area contributed by atoms with Crippen molar-refractivity contribution in [2.24, 2.45) is 0 Å². The van der Waals surface area contributed by atoms with Crippen molar-refractivity contribution in [3.8, 4) is 11.5 Å². The summed E-state index contributed by atoms with van der Waals surface area (Å²) in [6, 6.07) is 5.65. The zero-order valence-electron chi connectivity index (χ0n) is 13.8. The van der Waals surface area contributed by atoms with Crippen LogP contribution in [0.2, 0.25) is 0 Å². The fourth-order valence-corrected chi connectivity index (χ4v) is 3.23. The molecule has 1 N–H and O–H groups in total. The number of carbonyl (C=O) groups is 1. The molecule has 5 nitrogen and oxygen atoms in total. The Morgan fingerprint density at radius 2 is 2.08 bits per heavy atom. The van der Waals surface area contributed by atoms with E-state index in [2.05, 4.69) is 4.98 Å². The van der Waals surface area contributed by atoms with Crippen LogP contribution >= 0.6 is 23.6 Å². The third kappa shape index (κ3) is 4.69. The Balaban J connectivity index is 2.51. The van der Waals surface area contributed by atoms with Crippen LogP contribution < -0.4 is 19.4 Å². The Labute approximate surface area is 149 Å². The molecule has 7 heteroatoms. The quantitative estimate of drug-likeness (QED) is 0.629. The first-order valence-corrected chi connectivity index (χ1v) is 8.70. The molecule has 128 valence electrons. The lowest BCUT2D eigenvalue weighted by molar-refractivity contribution is -0.135. The summed E-state index contributed by atoms with van der Waals surface area (Å²) < 4.78 is 17.3. The molecule has 0 amide bonds. The molecule has 0 radical (unpaired) electrons. The first-order valence-electron chi connectivity index (χ1n) is 7.47. The summed E-state index contributed by atoms with van der Waals surface area (Å²) in [6.07, 6.45) is 3.35. The molecule has 0 aliphatic heterocycles. The minimum Gasteiger partial charge on any atom is -0.493 e. The number of methoxy groups -OCH3 is 1. The highest BCUT2D eigenvalue weighted by atomic mass is 32.1. The van der Waals surface area contributed by atoms with Crippen molar-refractivity contribution in [1.82, 2.24) is 4.98 Å². The number of hydrogen-bond acceptors (Lipinski definition) is 6. The molecule has 0 unspecified atom stereocenters. The van der Waals surface area contributed by atoms with E-state index in [0.717, 1.165) is 10.1 Å². The topological polar surface area (TPSA) is 60.6 Å². The van der Waals surface area contributed by atoms with Gasteiger partial charge in [-0.3, -0.25) is 0 Å². The molecule has 1 heterocycles. The maximum atomic E-state index is 11.7. The van der Waals surface area contributed by atoms with Gasteiger partial charge in [0.1, 0.15) is 0 Å². The van der Waals surface area contributed by atoms with Gasteiger partial charge in [0, 0.05) is 6.08 Å². The van der Waals surface area contributed by atoms with E-state index in [0.29, 0.717) is 34.0 Å².